The van der Waals surface area contributed by atoms with Crippen molar-refractivity contribution in [3.8, 4) is 0 Å². The van der Waals surface area contributed by atoms with Gasteiger partial charge >= 0.3 is 0 Å². The highest BCUT2D eigenvalue weighted by Crippen LogP contribution is 2.11. The molecule has 0 aromatic heterocycles. The molecule has 2 aromatic carbocycles. The first-order valence-corrected chi connectivity index (χ1v) is 6.85. The predicted octanol–water partition coefficient (Wildman–Crippen LogP) is 2.62. The number of carbonyl (C=O) groups excluding carboxylic acids is 2. The molecule has 21 heavy (non-hydrogen) atoms. The van der Waals surface area contributed by atoms with Crippen LogP contribution in [0.15, 0.2) is 54.6 Å². The Morgan fingerprint density at radius 3 is 2.48 bits per heavy atom. The normalized spacial score (nSPS) is 9.95. The van der Waals surface area contributed by atoms with Crippen molar-refractivity contribution in [1.29, 1.82) is 0 Å². The minimum atomic E-state index is -0.171. The summed E-state index contributed by atoms with van der Waals surface area (Å²) >= 11 is 0. The summed E-state index contributed by atoms with van der Waals surface area (Å²) in [6, 6.07) is 16.8. The van der Waals surface area contributed by atoms with Crippen molar-refractivity contribution < 1.29 is 9.59 Å². The van der Waals surface area contributed by atoms with Crippen molar-refractivity contribution in [3.05, 3.63) is 65.7 Å². The molecular weight excluding hydrogens is 264 g/mol. The minimum Gasteiger partial charge on any atom is -0.355 e. The smallest absolute Gasteiger partial charge is 0.251 e. The van der Waals surface area contributed by atoms with E-state index in [1.807, 2.05) is 30.3 Å². The lowest BCUT2D eigenvalue weighted by Crippen LogP contribution is -2.18. The average Bonchev–Trinajstić information content (AvgIpc) is 2.53. The highest BCUT2D eigenvalue weighted by molar-refractivity contribution is 5.97. The summed E-state index contributed by atoms with van der Waals surface area (Å²) in [5, 5.41) is 5.37. The quantitative estimate of drug-likeness (QED) is 0.885. The van der Waals surface area contributed by atoms with E-state index in [1.165, 1.54) is 0 Å². The van der Waals surface area contributed by atoms with Gasteiger partial charge in [0.25, 0.3) is 5.91 Å². The van der Waals surface area contributed by atoms with Gasteiger partial charge in [0.2, 0.25) is 5.91 Å². The Kier molecular flexibility index (Phi) is 5.10. The molecule has 0 heterocycles. The van der Waals surface area contributed by atoms with Gasteiger partial charge in [-0.1, -0.05) is 36.4 Å². The number of hydrogen-bond donors (Lipinski definition) is 2. The van der Waals surface area contributed by atoms with Gasteiger partial charge in [-0.2, -0.15) is 0 Å². The Morgan fingerprint density at radius 2 is 1.76 bits per heavy atom. The highest BCUT2D eigenvalue weighted by Gasteiger charge is 2.06. The van der Waals surface area contributed by atoms with Crippen LogP contribution in [0.1, 0.15) is 22.3 Å². The molecular formula is C17H18N2O2. The van der Waals surface area contributed by atoms with Gasteiger partial charge in [0.15, 0.2) is 0 Å². The third kappa shape index (κ3) is 4.45. The fraction of sp³-hybridized carbons (Fsp3) is 0.176. The number of amides is 2. The molecule has 4 nitrogen and oxygen atoms in total. The SMILES string of the molecule is CNC(=O)c1cccc(NC(=O)CCc2ccccc2)c1. The van der Waals surface area contributed by atoms with Crippen molar-refractivity contribution in [3.63, 3.8) is 0 Å². The third-order valence-electron chi connectivity index (χ3n) is 3.12. The maximum atomic E-state index is 11.9. The molecule has 0 saturated heterocycles. The first-order valence-electron chi connectivity index (χ1n) is 6.85. The van der Waals surface area contributed by atoms with Crippen molar-refractivity contribution in [1.82, 2.24) is 5.32 Å². The molecule has 0 bridgehead atoms. The maximum absolute atomic E-state index is 11.9. The van der Waals surface area contributed by atoms with E-state index in [0.29, 0.717) is 24.1 Å². The minimum absolute atomic E-state index is 0.0621. The molecule has 0 atom stereocenters. The number of aryl methyl sites for hydroxylation is 1. The molecule has 0 spiro atoms. The lowest BCUT2D eigenvalue weighted by Gasteiger charge is -2.07. The second-order valence-electron chi connectivity index (χ2n) is 4.69. The summed E-state index contributed by atoms with van der Waals surface area (Å²) in [7, 11) is 1.58. The molecule has 0 saturated carbocycles. The van der Waals surface area contributed by atoms with Gasteiger partial charge < -0.3 is 10.6 Å². The molecule has 108 valence electrons. The topological polar surface area (TPSA) is 58.2 Å². The van der Waals surface area contributed by atoms with Crippen LogP contribution in [0.25, 0.3) is 0 Å². The summed E-state index contributed by atoms with van der Waals surface area (Å²) < 4.78 is 0. The monoisotopic (exact) mass is 282 g/mol. The summed E-state index contributed by atoms with van der Waals surface area (Å²) in [4.78, 5) is 23.5. The van der Waals surface area contributed by atoms with Crippen LogP contribution in [-0.4, -0.2) is 18.9 Å². The molecule has 0 fully saturated rings. The average molecular weight is 282 g/mol. The molecule has 2 rings (SSSR count). The second-order valence-corrected chi connectivity index (χ2v) is 4.69. The first kappa shape index (κ1) is 14.8. The van der Waals surface area contributed by atoms with E-state index in [4.69, 9.17) is 0 Å². The molecule has 0 radical (unpaired) electrons. The van der Waals surface area contributed by atoms with Crippen LogP contribution in [0.5, 0.6) is 0 Å². The molecule has 0 aliphatic heterocycles. The van der Waals surface area contributed by atoms with Gasteiger partial charge in [-0.3, -0.25) is 9.59 Å². The standard InChI is InChI=1S/C17H18N2O2/c1-18-17(21)14-8-5-9-15(12-14)19-16(20)11-10-13-6-3-2-4-7-13/h2-9,12H,10-11H2,1H3,(H,18,21)(H,19,20). The van der Waals surface area contributed by atoms with Gasteiger partial charge in [0.05, 0.1) is 0 Å². The molecule has 2 amide bonds. The molecule has 0 unspecified atom stereocenters. The van der Waals surface area contributed by atoms with Gasteiger partial charge in [-0.25, -0.2) is 0 Å². The Bertz CT molecular complexity index is 624. The van der Waals surface area contributed by atoms with Gasteiger partial charge in [-0.15, -0.1) is 0 Å². The fourth-order valence-electron chi connectivity index (χ4n) is 2.01. The number of anilines is 1. The number of benzene rings is 2. The third-order valence-corrected chi connectivity index (χ3v) is 3.12. The molecule has 4 heteroatoms. The van der Waals surface area contributed by atoms with Crippen LogP contribution in [0.3, 0.4) is 0 Å². The van der Waals surface area contributed by atoms with E-state index < -0.39 is 0 Å². The van der Waals surface area contributed by atoms with E-state index in [2.05, 4.69) is 10.6 Å². The van der Waals surface area contributed by atoms with Crippen molar-refractivity contribution in [2.45, 2.75) is 12.8 Å². The molecule has 0 aliphatic carbocycles. The van der Waals surface area contributed by atoms with Crippen LogP contribution < -0.4 is 10.6 Å². The largest absolute Gasteiger partial charge is 0.355 e. The summed E-state index contributed by atoms with van der Waals surface area (Å²) in [5.41, 5.74) is 2.29. The van der Waals surface area contributed by atoms with Crippen LogP contribution >= 0.6 is 0 Å². The predicted molar refractivity (Wildman–Crippen MR) is 83.2 cm³/mol. The van der Waals surface area contributed by atoms with Gasteiger partial charge in [-0.05, 0) is 30.2 Å². The lowest BCUT2D eigenvalue weighted by molar-refractivity contribution is -0.116. The van der Waals surface area contributed by atoms with Gasteiger partial charge in [0.1, 0.15) is 0 Å². The summed E-state index contributed by atoms with van der Waals surface area (Å²) in [5.74, 6) is -0.233. The van der Waals surface area contributed by atoms with Crippen molar-refractivity contribution >= 4 is 17.5 Å². The van der Waals surface area contributed by atoms with E-state index >= 15 is 0 Å². The number of rotatable bonds is 5. The van der Waals surface area contributed by atoms with E-state index in [1.54, 1.807) is 31.3 Å². The van der Waals surface area contributed by atoms with E-state index in [0.717, 1.165) is 5.56 Å². The van der Waals surface area contributed by atoms with Crippen LogP contribution in [0, 0.1) is 0 Å². The van der Waals surface area contributed by atoms with E-state index in [-0.39, 0.29) is 11.8 Å². The molecule has 2 aromatic rings. The molecule has 0 aliphatic rings. The van der Waals surface area contributed by atoms with Crippen LogP contribution in [0.4, 0.5) is 5.69 Å². The number of hydrogen-bond acceptors (Lipinski definition) is 2. The van der Waals surface area contributed by atoms with Crippen molar-refractivity contribution in [2.24, 2.45) is 0 Å². The Balaban J connectivity index is 1.92. The zero-order valence-corrected chi connectivity index (χ0v) is 11.9. The maximum Gasteiger partial charge on any atom is 0.251 e. The fourth-order valence-corrected chi connectivity index (χ4v) is 2.01. The summed E-state index contributed by atoms with van der Waals surface area (Å²) in [6.45, 7) is 0. The zero-order valence-electron chi connectivity index (χ0n) is 11.9. The lowest BCUT2D eigenvalue weighted by atomic mass is 10.1. The van der Waals surface area contributed by atoms with Crippen molar-refractivity contribution in [2.75, 3.05) is 12.4 Å². The van der Waals surface area contributed by atoms with Gasteiger partial charge in [0, 0.05) is 24.7 Å². The second kappa shape index (κ2) is 7.24. The van der Waals surface area contributed by atoms with E-state index in [9.17, 15) is 9.59 Å². The highest BCUT2D eigenvalue weighted by atomic mass is 16.2. The zero-order chi connectivity index (χ0) is 15.1. The van der Waals surface area contributed by atoms with Crippen LogP contribution in [-0.2, 0) is 11.2 Å². The van der Waals surface area contributed by atoms with Crippen LogP contribution in [0.2, 0.25) is 0 Å². The Hall–Kier alpha value is -2.62. The number of carbonyl (C=O) groups is 2. The molecule has 2 N–H and O–H groups in total. The summed E-state index contributed by atoms with van der Waals surface area (Å²) in [6.07, 6.45) is 1.11. The first-order chi connectivity index (χ1) is 10.2. The number of nitrogens with one attached hydrogen (secondary N) is 2. The Morgan fingerprint density at radius 1 is 1.00 bits per heavy atom. The Labute approximate surface area is 124 Å².